The maximum absolute atomic E-state index is 12.9. The number of fused-ring (bicyclic) bond motifs is 1. The van der Waals surface area contributed by atoms with Crippen molar-refractivity contribution in [1.82, 2.24) is 9.55 Å². The Bertz CT molecular complexity index is 1280. The Labute approximate surface area is 194 Å². The van der Waals surface area contributed by atoms with Crippen molar-refractivity contribution in [3.05, 3.63) is 89.7 Å². The summed E-state index contributed by atoms with van der Waals surface area (Å²) in [5, 5.41) is 0. The number of ether oxygens (including phenoxy) is 1. The molecular weight excluding hydrogens is 410 g/mol. The number of rotatable bonds is 7. The Balaban J connectivity index is 1.39. The lowest BCUT2D eigenvalue weighted by atomic mass is 10.1. The van der Waals surface area contributed by atoms with Gasteiger partial charge in [0, 0.05) is 24.6 Å². The van der Waals surface area contributed by atoms with Crippen LogP contribution in [0.3, 0.4) is 0 Å². The maximum Gasteiger partial charge on any atom is 0.227 e. The van der Waals surface area contributed by atoms with Crippen LogP contribution in [0, 0.1) is 6.92 Å². The maximum atomic E-state index is 12.9. The van der Waals surface area contributed by atoms with E-state index in [9.17, 15) is 4.79 Å². The number of carbonyl (C=O) groups is 1. The number of imidazole rings is 1. The van der Waals surface area contributed by atoms with Crippen LogP contribution in [0.2, 0.25) is 0 Å². The summed E-state index contributed by atoms with van der Waals surface area (Å²) in [4.78, 5) is 19.8. The predicted octanol–water partition coefficient (Wildman–Crippen LogP) is 5.51. The summed E-state index contributed by atoms with van der Waals surface area (Å²) in [6, 6.07) is 24.6. The summed E-state index contributed by atoms with van der Waals surface area (Å²) < 4.78 is 8.32. The minimum absolute atomic E-state index is 0.0502. The number of amides is 1. The summed E-state index contributed by atoms with van der Waals surface area (Å²) in [6.07, 6.45) is 1.46. The highest BCUT2D eigenvalue weighted by Crippen LogP contribution is 2.33. The van der Waals surface area contributed by atoms with Crippen LogP contribution in [-0.2, 0) is 17.8 Å². The Morgan fingerprint density at radius 3 is 2.55 bits per heavy atom. The van der Waals surface area contributed by atoms with Gasteiger partial charge in [-0.3, -0.25) is 4.79 Å². The third-order valence-corrected chi connectivity index (χ3v) is 6.50. The first-order valence-electron chi connectivity index (χ1n) is 11.7. The molecule has 5 nitrogen and oxygen atoms in total. The molecule has 1 fully saturated rings. The van der Waals surface area contributed by atoms with Gasteiger partial charge in [-0.2, -0.15) is 0 Å². The molecular formula is C28H29N3O2. The number of para-hydroxylation sites is 3. The normalized spacial score (nSPS) is 16.0. The molecule has 0 aliphatic carbocycles. The number of aromatic nitrogens is 2. The van der Waals surface area contributed by atoms with Gasteiger partial charge in [0.1, 0.15) is 18.2 Å². The summed E-state index contributed by atoms with van der Waals surface area (Å²) in [5.41, 5.74) is 5.41. The molecule has 33 heavy (non-hydrogen) atoms. The molecule has 4 aromatic rings. The van der Waals surface area contributed by atoms with Crippen LogP contribution in [0.1, 0.15) is 36.2 Å². The van der Waals surface area contributed by atoms with Gasteiger partial charge < -0.3 is 14.2 Å². The third kappa shape index (κ3) is 4.23. The van der Waals surface area contributed by atoms with Crippen molar-refractivity contribution in [3.8, 4) is 5.75 Å². The van der Waals surface area contributed by atoms with Gasteiger partial charge in [-0.1, -0.05) is 49.4 Å². The molecule has 1 aliphatic rings. The van der Waals surface area contributed by atoms with Gasteiger partial charge >= 0.3 is 0 Å². The van der Waals surface area contributed by atoms with E-state index in [0.29, 0.717) is 26.1 Å². The number of nitrogens with zero attached hydrogens (tertiary/aromatic N) is 3. The number of carbonyl (C=O) groups excluding carboxylic acids is 1. The van der Waals surface area contributed by atoms with Gasteiger partial charge in [0.25, 0.3) is 0 Å². The molecule has 0 radical (unpaired) electrons. The zero-order valence-corrected chi connectivity index (χ0v) is 19.2. The van der Waals surface area contributed by atoms with E-state index >= 15 is 0 Å². The van der Waals surface area contributed by atoms with Crippen LogP contribution in [0.15, 0.2) is 72.8 Å². The average Bonchev–Trinajstić information content (AvgIpc) is 3.41. The van der Waals surface area contributed by atoms with Crippen LogP contribution in [-0.4, -0.2) is 28.6 Å². The van der Waals surface area contributed by atoms with Crippen molar-refractivity contribution >= 4 is 22.6 Å². The lowest BCUT2D eigenvalue weighted by Gasteiger charge is -2.18. The first-order valence-corrected chi connectivity index (χ1v) is 11.7. The van der Waals surface area contributed by atoms with Crippen molar-refractivity contribution in [2.75, 3.05) is 18.1 Å². The number of benzene rings is 3. The lowest BCUT2D eigenvalue weighted by molar-refractivity contribution is -0.117. The van der Waals surface area contributed by atoms with Crippen LogP contribution in [0.5, 0.6) is 5.75 Å². The molecule has 5 rings (SSSR count). The first kappa shape index (κ1) is 21.3. The molecule has 0 bridgehead atoms. The molecule has 1 amide bonds. The van der Waals surface area contributed by atoms with Crippen LogP contribution >= 0.6 is 0 Å². The average molecular weight is 440 g/mol. The smallest absolute Gasteiger partial charge is 0.227 e. The van der Waals surface area contributed by atoms with Crippen LogP contribution in [0.25, 0.3) is 11.0 Å². The Morgan fingerprint density at radius 1 is 1.00 bits per heavy atom. The van der Waals surface area contributed by atoms with Gasteiger partial charge in [-0.25, -0.2) is 4.98 Å². The largest absolute Gasteiger partial charge is 0.491 e. The fourth-order valence-corrected chi connectivity index (χ4v) is 4.65. The molecule has 1 aromatic heterocycles. The molecule has 1 aliphatic heterocycles. The van der Waals surface area contributed by atoms with Gasteiger partial charge in [0.15, 0.2) is 0 Å². The molecule has 3 aromatic carbocycles. The Hall–Kier alpha value is -3.60. The van der Waals surface area contributed by atoms with Crippen molar-refractivity contribution in [2.24, 2.45) is 0 Å². The Kier molecular flexibility index (Phi) is 5.86. The number of hydrogen-bond acceptors (Lipinski definition) is 3. The van der Waals surface area contributed by atoms with E-state index in [2.05, 4.69) is 54.8 Å². The minimum atomic E-state index is 0.0502. The van der Waals surface area contributed by atoms with Crippen molar-refractivity contribution < 1.29 is 9.53 Å². The molecule has 1 atom stereocenters. The zero-order valence-electron chi connectivity index (χ0n) is 19.2. The van der Waals surface area contributed by atoms with E-state index in [-0.39, 0.29) is 11.8 Å². The predicted molar refractivity (Wildman–Crippen MR) is 132 cm³/mol. The SMILES string of the molecule is CCc1ccc(N2C[C@H](c3nc4ccccc4n3CCOc3ccccc3C)CC2=O)cc1. The van der Waals surface area contributed by atoms with Gasteiger partial charge in [0.2, 0.25) is 5.91 Å². The summed E-state index contributed by atoms with van der Waals surface area (Å²) in [7, 11) is 0. The molecule has 1 saturated heterocycles. The number of anilines is 1. The molecule has 5 heteroatoms. The van der Waals surface area contributed by atoms with Crippen molar-refractivity contribution in [1.29, 1.82) is 0 Å². The highest BCUT2D eigenvalue weighted by atomic mass is 16.5. The molecule has 0 unspecified atom stereocenters. The van der Waals surface area contributed by atoms with Crippen LogP contribution < -0.4 is 9.64 Å². The summed E-state index contributed by atoms with van der Waals surface area (Å²) >= 11 is 0. The van der Waals surface area contributed by atoms with E-state index in [4.69, 9.17) is 9.72 Å². The second-order valence-corrected chi connectivity index (χ2v) is 8.65. The topological polar surface area (TPSA) is 47.4 Å². The van der Waals surface area contributed by atoms with E-state index in [1.165, 1.54) is 5.56 Å². The molecule has 0 N–H and O–H groups in total. The Morgan fingerprint density at radius 2 is 1.76 bits per heavy atom. The van der Waals surface area contributed by atoms with E-state index in [0.717, 1.165) is 40.3 Å². The van der Waals surface area contributed by atoms with Gasteiger partial charge in [-0.05, 0) is 54.8 Å². The first-order chi connectivity index (χ1) is 16.1. The second-order valence-electron chi connectivity index (χ2n) is 8.65. The molecule has 2 heterocycles. The fraction of sp³-hybridized carbons (Fsp3) is 0.286. The highest BCUT2D eigenvalue weighted by Gasteiger charge is 2.34. The summed E-state index contributed by atoms with van der Waals surface area (Å²) in [6.45, 7) is 6.06. The molecule has 0 spiro atoms. The van der Waals surface area contributed by atoms with E-state index < -0.39 is 0 Å². The molecule has 168 valence electrons. The zero-order chi connectivity index (χ0) is 22.8. The minimum Gasteiger partial charge on any atom is -0.491 e. The highest BCUT2D eigenvalue weighted by molar-refractivity contribution is 5.96. The van der Waals surface area contributed by atoms with E-state index in [1.807, 2.05) is 41.3 Å². The number of hydrogen-bond donors (Lipinski definition) is 0. The monoisotopic (exact) mass is 439 g/mol. The van der Waals surface area contributed by atoms with E-state index in [1.54, 1.807) is 0 Å². The van der Waals surface area contributed by atoms with Crippen molar-refractivity contribution in [3.63, 3.8) is 0 Å². The third-order valence-electron chi connectivity index (χ3n) is 6.50. The standard InChI is InChI=1S/C28H29N3O2/c1-3-21-12-14-23(15-13-21)31-19-22(18-27(31)32)28-29-24-9-5-6-10-25(24)30(28)16-17-33-26-11-7-4-8-20(26)2/h4-15,22H,3,16-19H2,1-2H3/t22-/m1/s1. The second kappa shape index (κ2) is 9.10. The molecule has 0 saturated carbocycles. The summed E-state index contributed by atoms with van der Waals surface area (Å²) in [5.74, 6) is 2.07. The van der Waals surface area contributed by atoms with Crippen molar-refractivity contribution in [2.45, 2.75) is 39.2 Å². The lowest BCUT2D eigenvalue weighted by Crippen LogP contribution is -2.24. The van der Waals surface area contributed by atoms with Gasteiger partial charge in [-0.15, -0.1) is 0 Å². The number of aryl methyl sites for hydroxylation is 2. The van der Waals surface area contributed by atoms with Gasteiger partial charge in [0.05, 0.1) is 17.6 Å². The van der Waals surface area contributed by atoms with Crippen LogP contribution in [0.4, 0.5) is 5.69 Å². The quantitative estimate of drug-likeness (QED) is 0.382. The fourth-order valence-electron chi connectivity index (χ4n) is 4.65.